The van der Waals surface area contributed by atoms with E-state index in [1.807, 2.05) is 19.3 Å². The number of esters is 1. The van der Waals surface area contributed by atoms with Crippen molar-refractivity contribution in [2.45, 2.75) is 51.5 Å². The molecule has 2 atom stereocenters. The number of ether oxygens (including phenoxy) is 1. The van der Waals surface area contributed by atoms with E-state index in [1.165, 1.54) is 24.9 Å². The van der Waals surface area contributed by atoms with Gasteiger partial charge in [-0.3, -0.25) is 9.69 Å². The Labute approximate surface area is 220 Å². The second-order valence-electron chi connectivity index (χ2n) is 9.79. The largest absolute Gasteiger partial charge is 0.490 e. The van der Waals surface area contributed by atoms with Gasteiger partial charge >= 0.3 is 30.3 Å². The minimum absolute atomic E-state index is 0.0305. The van der Waals surface area contributed by atoms with Gasteiger partial charge in [-0.15, -0.1) is 0 Å². The monoisotopic (exact) mass is 574 g/mol. The first kappa shape index (κ1) is 32.4. The third-order valence-corrected chi connectivity index (χ3v) is 6.71. The van der Waals surface area contributed by atoms with Crippen LogP contribution < -0.4 is 0 Å². The summed E-state index contributed by atoms with van der Waals surface area (Å²) in [6.07, 6.45) is -1.80. The summed E-state index contributed by atoms with van der Waals surface area (Å²) in [7, 11) is 0. The smallest absolute Gasteiger partial charge is 0.475 e. The lowest BCUT2D eigenvalue weighted by molar-refractivity contribution is -0.193. The van der Waals surface area contributed by atoms with Gasteiger partial charge in [-0.25, -0.2) is 9.59 Å². The van der Waals surface area contributed by atoms with Crippen molar-refractivity contribution in [2.24, 2.45) is 17.3 Å². The van der Waals surface area contributed by atoms with Gasteiger partial charge in [0, 0.05) is 44.2 Å². The fraction of sp³-hybridized carbons (Fsp3) is 0.708. The highest BCUT2D eigenvalue weighted by atomic mass is 19.4. The molecule has 1 aromatic rings. The predicted molar refractivity (Wildman–Crippen MR) is 122 cm³/mol. The molecule has 4 rings (SSSR count). The van der Waals surface area contributed by atoms with Crippen molar-refractivity contribution in [3.05, 3.63) is 24.2 Å². The number of nitrogens with zero attached hydrogens (tertiary/aromatic N) is 2. The first-order valence-corrected chi connectivity index (χ1v) is 12.3. The van der Waals surface area contributed by atoms with E-state index in [-0.39, 0.29) is 11.4 Å². The molecule has 2 N–H and O–H groups in total. The highest BCUT2D eigenvalue weighted by Crippen LogP contribution is 2.45. The molecule has 2 saturated heterocycles. The van der Waals surface area contributed by atoms with Gasteiger partial charge in [0.15, 0.2) is 0 Å². The maximum absolute atomic E-state index is 13.0. The number of hydrogen-bond donors (Lipinski definition) is 2. The van der Waals surface area contributed by atoms with E-state index in [4.69, 9.17) is 29.0 Å². The molecule has 39 heavy (non-hydrogen) atoms. The average Bonchev–Trinajstić information content (AvgIpc) is 3.41. The summed E-state index contributed by atoms with van der Waals surface area (Å²) in [6, 6.07) is 2.02. The fourth-order valence-electron chi connectivity index (χ4n) is 4.82. The van der Waals surface area contributed by atoms with Crippen molar-refractivity contribution in [1.29, 1.82) is 0 Å². The summed E-state index contributed by atoms with van der Waals surface area (Å²) < 4.78 is 74.2. The van der Waals surface area contributed by atoms with Crippen molar-refractivity contribution in [3.8, 4) is 0 Å². The Morgan fingerprint density at radius 2 is 1.62 bits per heavy atom. The molecule has 1 saturated carbocycles. The van der Waals surface area contributed by atoms with E-state index in [2.05, 4.69) is 9.80 Å². The maximum Gasteiger partial charge on any atom is 0.490 e. The topological polar surface area (TPSA) is 121 Å². The Morgan fingerprint density at radius 3 is 2.08 bits per heavy atom. The summed E-state index contributed by atoms with van der Waals surface area (Å²) in [5.74, 6) is -4.21. The Kier molecular flexibility index (Phi) is 11.2. The van der Waals surface area contributed by atoms with Gasteiger partial charge in [-0.05, 0) is 51.1 Å². The third-order valence-electron chi connectivity index (χ3n) is 6.71. The lowest BCUT2D eigenvalue weighted by atomic mass is 9.75. The van der Waals surface area contributed by atoms with Gasteiger partial charge in [0.25, 0.3) is 0 Å². The maximum atomic E-state index is 13.0. The van der Waals surface area contributed by atoms with E-state index >= 15 is 0 Å². The zero-order valence-corrected chi connectivity index (χ0v) is 21.3. The number of hydrogen-bond acceptors (Lipinski definition) is 7. The second kappa shape index (κ2) is 13.5. The van der Waals surface area contributed by atoms with Gasteiger partial charge < -0.3 is 24.3 Å². The molecule has 222 valence electrons. The number of carboxylic acids is 2. The van der Waals surface area contributed by atoms with Crippen molar-refractivity contribution >= 4 is 17.9 Å². The van der Waals surface area contributed by atoms with Crippen molar-refractivity contribution in [1.82, 2.24) is 9.80 Å². The first-order valence-electron chi connectivity index (χ1n) is 12.3. The third kappa shape index (κ3) is 10.0. The standard InChI is InChI=1S/C20H30N2O3.2C2HF3O2/c1-2-25-19(23)20-7-3-8-21(10-16-4-5-16)12-18(20)13-22(15-20)11-17-6-9-24-14-17;2*3-2(4,5)1(6)7/h6,9,14,16,18H,2-5,7-8,10-13,15H2,1H3;2*(H,6,7)/t18-,20-;;/m0../s1. The summed E-state index contributed by atoms with van der Waals surface area (Å²) >= 11 is 0. The Balaban J connectivity index is 0.000000317. The Bertz CT molecular complexity index is 926. The van der Waals surface area contributed by atoms with Crippen LogP contribution in [0.5, 0.6) is 0 Å². The molecule has 3 heterocycles. The lowest BCUT2D eigenvalue weighted by Gasteiger charge is -2.31. The van der Waals surface area contributed by atoms with Gasteiger partial charge in [-0.2, -0.15) is 26.3 Å². The molecule has 3 aliphatic rings. The normalized spacial score (nSPS) is 23.8. The lowest BCUT2D eigenvalue weighted by Crippen LogP contribution is -2.42. The summed E-state index contributed by atoms with van der Waals surface area (Å²) in [5.41, 5.74) is 0.864. The Morgan fingerprint density at radius 1 is 1.05 bits per heavy atom. The van der Waals surface area contributed by atoms with E-state index in [0.29, 0.717) is 12.5 Å². The molecular formula is C24H32F6N2O7. The number of rotatable bonds is 6. The van der Waals surface area contributed by atoms with E-state index in [0.717, 1.165) is 51.5 Å². The molecule has 0 aromatic carbocycles. The van der Waals surface area contributed by atoms with Crippen molar-refractivity contribution in [2.75, 3.05) is 39.3 Å². The number of carbonyl (C=O) groups excluding carboxylic acids is 1. The van der Waals surface area contributed by atoms with Crippen LogP contribution >= 0.6 is 0 Å². The van der Waals surface area contributed by atoms with Crippen LogP contribution in [0.3, 0.4) is 0 Å². The van der Waals surface area contributed by atoms with Crippen LogP contribution in [0, 0.1) is 17.3 Å². The van der Waals surface area contributed by atoms with Crippen LogP contribution in [-0.4, -0.2) is 89.6 Å². The van der Waals surface area contributed by atoms with E-state index in [1.54, 1.807) is 6.26 Å². The number of halogens is 6. The zero-order valence-electron chi connectivity index (χ0n) is 21.3. The van der Waals surface area contributed by atoms with Crippen LogP contribution in [0.4, 0.5) is 26.3 Å². The molecule has 3 fully saturated rings. The molecule has 9 nitrogen and oxygen atoms in total. The quantitative estimate of drug-likeness (QED) is 0.383. The molecule has 0 unspecified atom stereocenters. The second-order valence-corrected chi connectivity index (χ2v) is 9.79. The molecular weight excluding hydrogens is 542 g/mol. The first-order chi connectivity index (χ1) is 18.1. The molecule has 0 bridgehead atoms. The Hall–Kier alpha value is -2.81. The molecule has 0 spiro atoms. The molecule has 1 aromatic heterocycles. The molecule has 2 aliphatic heterocycles. The van der Waals surface area contributed by atoms with E-state index in [9.17, 15) is 31.1 Å². The molecule has 0 radical (unpaired) electrons. The number of alkyl halides is 6. The highest BCUT2D eigenvalue weighted by molar-refractivity contribution is 5.78. The van der Waals surface area contributed by atoms with Crippen molar-refractivity contribution in [3.63, 3.8) is 0 Å². The summed E-state index contributed by atoms with van der Waals surface area (Å²) in [6.45, 7) is 8.43. The van der Waals surface area contributed by atoms with Crippen LogP contribution in [0.15, 0.2) is 23.0 Å². The van der Waals surface area contributed by atoms with Crippen LogP contribution in [0.25, 0.3) is 0 Å². The van der Waals surface area contributed by atoms with E-state index < -0.39 is 24.3 Å². The van der Waals surface area contributed by atoms with Crippen LogP contribution in [0.2, 0.25) is 0 Å². The van der Waals surface area contributed by atoms with Gasteiger partial charge in [0.2, 0.25) is 0 Å². The van der Waals surface area contributed by atoms with Crippen LogP contribution in [-0.2, 0) is 25.7 Å². The number of likely N-dealkylation sites (tertiary alicyclic amines) is 2. The average molecular weight is 575 g/mol. The number of aliphatic carboxylic acids is 2. The summed E-state index contributed by atoms with van der Waals surface area (Å²) in [5, 5.41) is 14.2. The number of fused-ring (bicyclic) bond motifs is 1. The SMILES string of the molecule is CCOC(=O)[C@]12CCCN(CC3CC3)C[C@H]1CN(Cc1ccoc1)C2.O=C(O)C(F)(F)F.O=C(O)C(F)(F)F. The van der Waals surface area contributed by atoms with Crippen LogP contribution in [0.1, 0.15) is 38.2 Å². The summed E-state index contributed by atoms with van der Waals surface area (Å²) in [4.78, 5) is 35.8. The number of furan rings is 1. The fourth-order valence-corrected chi connectivity index (χ4v) is 4.82. The molecule has 0 amide bonds. The minimum atomic E-state index is -5.08. The van der Waals surface area contributed by atoms with Gasteiger partial charge in [-0.1, -0.05) is 0 Å². The highest BCUT2D eigenvalue weighted by Gasteiger charge is 2.54. The zero-order chi connectivity index (χ0) is 29.4. The van der Waals surface area contributed by atoms with Gasteiger partial charge in [0.1, 0.15) is 0 Å². The predicted octanol–water partition coefficient (Wildman–Crippen LogP) is 4.03. The number of carboxylic acid groups (broad SMARTS) is 2. The molecule has 1 aliphatic carbocycles. The van der Waals surface area contributed by atoms with Gasteiger partial charge in [0.05, 0.1) is 24.5 Å². The molecule has 15 heteroatoms. The number of carbonyl (C=O) groups is 3. The minimum Gasteiger partial charge on any atom is -0.475 e. The van der Waals surface area contributed by atoms with Crippen molar-refractivity contribution < 1.29 is 60.1 Å².